The lowest BCUT2D eigenvalue weighted by molar-refractivity contribution is -0.0922. The zero-order chi connectivity index (χ0) is 40.7. The molecule has 0 saturated heterocycles. The maximum atomic E-state index is 15.0. The molecule has 56 heavy (non-hydrogen) atoms. The summed E-state index contributed by atoms with van der Waals surface area (Å²) in [5.41, 5.74) is 4.81. The van der Waals surface area contributed by atoms with Gasteiger partial charge in [-0.2, -0.15) is 8.42 Å². The fraction of sp³-hybridized carbons (Fsp3) is 0.357. The van der Waals surface area contributed by atoms with E-state index in [9.17, 15) is 18.0 Å². The zero-order valence-electron chi connectivity index (χ0n) is 32.5. The molecule has 6 rings (SSSR count). The number of nitrogens with zero attached hydrogens (tertiary/aromatic N) is 1. The normalized spacial score (nSPS) is 19.0. The van der Waals surface area contributed by atoms with Gasteiger partial charge in [0.2, 0.25) is 5.88 Å². The number of aromatic nitrogens is 2. The van der Waals surface area contributed by atoms with E-state index in [0.717, 1.165) is 17.2 Å². The van der Waals surface area contributed by atoms with E-state index >= 15 is 4.79 Å². The number of nitrogens with two attached hydrogens (primary N) is 1. The maximum absolute atomic E-state index is 15.0. The van der Waals surface area contributed by atoms with Crippen LogP contribution in [-0.2, 0) is 14.9 Å². The van der Waals surface area contributed by atoms with E-state index in [1.165, 1.54) is 12.1 Å². The molecule has 14 heteroatoms. The highest BCUT2D eigenvalue weighted by molar-refractivity contribution is 7.91. The first-order chi connectivity index (χ1) is 26.2. The molecule has 2 atom stereocenters. The second-order valence-electron chi connectivity index (χ2n) is 16.7. The van der Waals surface area contributed by atoms with Crippen LogP contribution in [0.1, 0.15) is 82.0 Å². The van der Waals surface area contributed by atoms with Gasteiger partial charge in [-0.25, -0.2) is 13.9 Å². The Labute approximate surface area is 331 Å². The molecular formula is C42H48ClN5O7S. The van der Waals surface area contributed by atoms with Gasteiger partial charge in [-0.05, 0) is 71.6 Å². The van der Waals surface area contributed by atoms with Crippen LogP contribution in [0.15, 0.2) is 89.7 Å². The highest BCUT2D eigenvalue weighted by Gasteiger charge is 2.48. The minimum absolute atomic E-state index is 0.00168. The summed E-state index contributed by atoms with van der Waals surface area (Å²) in [6.45, 7) is 15.1. The van der Waals surface area contributed by atoms with Crippen molar-refractivity contribution in [2.75, 3.05) is 10.5 Å². The van der Waals surface area contributed by atoms with Crippen molar-refractivity contribution in [3.8, 4) is 22.8 Å². The number of rotatable bonds is 9. The van der Waals surface area contributed by atoms with Crippen molar-refractivity contribution in [2.45, 2.75) is 67.4 Å². The van der Waals surface area contributed by atoms with Crippen molar-refractivity contribution < 1.29 is 27.5 Å². The van der Waals surface area contributed by atoms with Crippen LogP contribution in [0.25, 0.3) is 16.8 Å². The van der Waals surface area contributed by atoms with E-state index in [1.54, 1.807) is 72.8 Å². The largest absolute Gasteiger partial charge is 0.458 e. The topological polar surface area (TPSA) is 174 Å². The minimum Gasteiger partial charge on any atom is -0.458 e. The Morgan fingerprint density at radius 1 is 0.857 bits per heavy atom. The highest BCUT2D eigenvalue weighted by Crippen LogP contribution is 2.50. The van der Waals surface area contributed by atoms with Gasteiger partial charge >= 0.3 is 16.2 Å². The van der Waals surface area contributed by atoms with Crippen LogP contribution in [-0.4, -0.2) is 35.8 Å². The Balaban J connectivity index is 1.58. The van der Waals surface area contributed by atoms with Crippen molar-refractivity contribution in [3.05, 3.63) is 111 Å². The van der Waals surface area contributed by atoms with Crippen LogP contribution >= 0.6 is 11.6 Å². The average molecular weight is 802 g/mol. The van der Waals surface area contributed by atoms with Gasteiger partial charge in [0.15, 0.2) is 0 Å². The highest BCUT2D eigenvalue weighted by atomic mass is 35.5. The minimum atomic E-state index is -4.53. The van der Waals surface area contributed by atoms with Crippen LogP contribution < -0.4 is 25.5 Å². The van der Waals surface area contributed by atoms with Gasteiger partial charge < -0.3 is 20.2 Å². The first kappa shape index (κ1) is 40.4. The van der Waals surface area contributed by atoms with Crippen LogP contribution in [0.2, 0.25) is 5.02 Å². The number of ether oxygens (including phenoxy) is 2. The lowest BCUT2D eigenvalue weighted by atomic mass is 9.59. The van der Waals surface area contributed by atoms with Gasteiger partial charge in [0.25, 0.3) is 11.5 Å². The molecule has 0 spiro atoms. The number of nitrogen functional groups attached to an aromatic ring is 1. The molecule has 5 N–H and O–H groups in total. The molecule has 0 aliphatic heterocycles. The Hall–Kier alpha value is -5.27. The third kappa shape index (κ3) is 8.43. The van der Waals surface area contributed by atoms with Gasteiger partial charge in [-0.1, -0.05) is 109 Å². The number of carbonyl (C=O) groups is 2. The van der Waals surface area contributed by atoms with Gasteiger partial charge in [-0.15, -0.1) is 0 Å². The smallest absolute Gasteiger partial charge is 0.343 e. The van der Waals surface area contributed by atoms with Crippen LogP contribution in [0.4, 0.5) is 11.5 Å². The predicted octanol–water partition coefficient (Wildman–Crippen LogP) is 8.69. The second-order valence-corrected chi connectivity index (χ2v) is 18.5. The second kappa shape index (κ2) is 15.3. The molecule has 2 unspecified atom stereocenters. The lowest BCUT2D eigenvalue weighted by Crippen LogP contribution is -2.49. The summed E-state index contributed by atoms with van der Waals surface area (Å²) in [7, 11) is -4.53. The molecule has 0 bridgehead atoms. The fourth-order valence-corrected chi connectivity index (χ4v) is 8.66. The predicted molar refractivity (Wildman–Crippen MR) is 219 cm³/mol. The van der Waals surface area contributed by atoms with Crippen LogP contribution in [0, 0.1) is 28.6 Å². The molecule has 1 saturated carbocycles. The summed E-state index contributed by atoms with van der Waals surface area (Å²) >= 11 is 6.31. The summed E-state index contributed by atoms with van der Waals surface area (Å²) in [5, 5.41) is 0.425. The molecule has 3 aromatic carbocycles. The molecule has 1 aliphatic rings. The standard InChI is InChI=1S/C42H48ClN5O7S/c1-24-22-29(41(2,3)4)34(30(23-24)42(5,6)7)55-40(51)32-31(25-18-20-26(43)21-19-25)39(54-28-16-12-9-13-17-28)48-36(32)45-35(44)33(38(48)50)37(49)47-56(52,53)46-27-14-10-8-11-15-27/h8-21,24,29-30,34,45-46H,22-23,44H2,1-7H3,(H,47,49). The van der Waals surface area contributed by atoms with Crippen molar-refractivity contribution in [1.82, 2.24) is 14.1 Å². The van der Waals surface area contributed by atoms with E-state index < -0.39 is 45.1 Å². The van der Waals surface area contributed by atoms with E-state index in [-0.39, 0.29) is 51.0 Å². The van der Waals surface area contributed by atoms with Crippen molar-refractivity contribution in [3.63, 3.8) is 0 Å². The molecule has 1 fully saturated rings. The van der Waals surface area contributed by atoms with E-state index in [0.29, 0.717) is 22.3 Å². The number of hydrogen-bond acceptors (Lipinski definition) is 8. The average Bonchev–Trinajstić information content (AvgIpc) is 3.42. The molecule has 2 aromatic heterocycles. The maximum Gasteiger partial charge on any atom is 0.343 e. The van der Waals surface area contributed by atoms with Gasteiger partial charge in [0.1, 0.15) is 34.4 Å². The van der Waals surface area contributed by atoms with Gasteiger partial charge in [0, 0.05) is 16.9 Å². The zero-order valence-corrected chi connectivity index (χ0v) is 34.0. The number of anilines is 2. The molecule has 1 aliphatic carbocycles. The summed E-state index contributed by atoms with van der Waals surface area (Å²) < 4.78 is 44.3. The number of esters is 1. The van der Waals surface area contributed by atoms with E-state index in [2.05, 4.69) is 58.2 Å². The lowest BCUT2D eigenvalue weighted by Gasteiger charge is -2.50. The number of benzene rings is 3. The molecule has 12 nitrogen and oxygen atoms in total. The monoisotopic (exact) mass is 801 g/mol. The Bertz CT molecular complexity index is 2390. The van der Waals surface area contributed by atoms with Gasteiger partial charge in [-0.3, -0.25) is 14.3 Å². The molecular weight excluding hydrogens is 754 g/mol. The Morgan fingerprint density at radius 3 is 1.96 bits per heavy atom. The van der Waals surface area contributed by atoms with Crippen LogP contribution in [0.5, 0.6) is 11.6 Å². The quantitative estimate of drug-likeness (QED) is 0.107. The van der Waals surface area contributed by atoms with Crippen molar-refractivity contribution >= 4 is 50.8 Å². The molecule has 296 valence electrons. The third-order valence-corrected chi connectivity index (χ3v) is 11.6. The van der Waals surface area contributed by atoms with Crippen molar-refractivity contribution in [2.24, 2.45) is 28.6 Å². The van der Waals surface area contributed by atoms with Crippen molar-refractivity contribution in [1.29, 1.82) is 0 Å². The number of nitrogens with one attached hydrogen (secondary N) is 3. The third-order valence-electron chi connectivity index (χ3n) is 10.4. The number of H-pyrrole nitrogens is 1. The molecule has 1 amide bonds. The number of fused-ring (bicyclic) bond motifs is 1. The number of halogens is 1. The summed E-state index contributed by atoms with van der Waals surface area (Å²) in [6.07, 6.45) is 1.20. The number of aromatic amines is 1. The van der Waals surface area contributed by atoms with Crippen LogP contribution in [0.3, 0.4) is 0 Å². The summed E-state index contributed by atoms with van der Waals surface area (Å²) in [6, 6.07) is 23.1. The molecule has 0 radical (unpaired) electrons. The SMILES string of the molecule is CC1CC(C(C)(C)C)C(OC(=O)c2c(-c3ccc(Cl)cc3)c(Oc3ccccc3)n3c(=O)c(C(=O)NS(=O)(=O)Nc4ccccc4)c(N)[nH]c23)C(C(C)(C)C)C1. The first-order valence-electron chi connectivity index (χ1n) is 18.4. The number of carbonyl (C=O) groups excluding carboxylic acids is 2. The Kier molecular flexibility index (Phi) is 11.1. The van der Waals surface area contributed by atoms with E-state index in [1.807, 2.05) is 4.72 Å². The number of hydrogen-bond donors (Lipinski definition) is 4. The van der Waals surface area contributed by atoms with Gasteiger partial charge in [0.05, 0.1) is 11.3 Å². The van der Waals surface area contributed by atoms with E-state index in [4.69, 9.17) is 26.8 Å². The first-order valence-corrected chi connectivity index (χ1v) is 20.3. The fourth-order valence-electron chi connectivity index (χ4n) is 7.69. The number of para-hydroxylation sites is 2. The molecule has 5 aromatic rings. The summed E-state index contributed by atoms with van der Waals surface area (Å²) in [4.78, 5) is 46.3. The summed E-state index contributed by atoms with van der Waals surface area (Å²) in [5.74, 6) is -1.97. The molecule has 2 heterocycles. The Morgan fingerprint density at radius 2 is 1.41 bits per heavy atom. The number of amides is 1.